The van der Waals surface area contributed by atoms with E-state index >= 15 is 0 Å². The number of nitro groups is 1. The van der Waals surface area contributed by atoms with Crippen LogP contribution in [0, 0.1) is 17.0 Å². The number of hydrogen-bond donors (Lipinski definition) is 0. The van der Waals surface area contributed by atoms with Crippen LogP contribution in [-0.2, 0) is 17.3 Å². The van der Waals surface area contributed by atoms with Crippen LogP contribution in [0.1, 0.15) is 43.0 Å². The number of anilines is 1. The predicted octanol–water partition coefficient (Wildman–Crippen LogP) is 9.56. The summed E-state index contributed by atoms with van der Waals surface area (Å²) in [7, 11) is 2.05. The molecule has 0 N–H and O–H groups in total. The minimum absolute atomic E-state index is 0.108. The molecule has 0 aliphatic carbocycles. The van der Waals surface area contributed by atoms with Gasteiger partial charge in [0.2, 0.25) is 5.69 Å². The van der Waals surface area contributed by atoms with E-state index in [1.54, 1.807) is 12.1 Å². The van der Waals surface area contributed by atoms with Crippen LogP contribution in [0.4, 0.5) is 17.1 Å². The van der Waals surface area contributed by atoms with Crippen molar-refractivity contribution < 1.29 is 14.2 Å². The average molecular weight is 635 g/mol. The van der Waals surface area contributed by atoms with E-state index in [0.29, 0.717) is 13.2 Å². The number of nitro benzene ring substituents is 1. The summed E-state index contributed by atoms with van der Waals surface area (Å²) in [5, 5.41) is 14.3. The maximum atomic E-state index is 11.8. The van der Waals surface area contributed by atoms with Crippen molar-refractivity contribution >= 4 is 33.5 Å². The molecule has 1 unspecified atom stereocenters. The molecule has 5 aromatic rings. The standard InChI is InChI=1S/C42H40N3O3/c1-29-18-20-30(21-19-29)27-42(4)35-26-32(45(46)47)23-25-36(35)43(5)39(42)17-11-16-38-41(2,3)40-34-15-10-9-12-31(34)22-24-37(40)44(38)28-48-33-13-7-6-8-14-33/h6-26H,27-28H2,1-5H3/q+1. The Kier molecular flexibility index (Phi) is 7.75. The monoisotopic (exact) mass is 634 g/mol. The van der Waals surface area contributed by atoms with Gasteiger partial charge in [-0.25, -0.2) is 0 Å². The van der Waals surface area contributed by atoms with Crippen molar-refractivity contribution in [2.24, 2.45) is 0 Å². The van der Waals surface area contributed by atoms with E-state index in [1.807, 2.05) is 36.4 Å². The second kappa shape index (κ2) is 11.9. The van der Waals surface area contributed by atoms with Gasteiger partial charge >= 0.3 is 0 Å². The number of ether oxygens (including phenoxy) is 1. The highest BCUT2D eigenvalue weighted by Crippen LogP contribution is 2.50. The molecular formula is C42H40N3O3+. The zero-order chi connectivity index (χ0) is 33.6. The Balaban J connectivity index is 1.33. The van der Waals surface area contributed by atoms with Gasteiger partial charge in [0.1, 0.15) is 5.75 Å². The molecule has 0 radical (unpaired) electrons. The molecule has 48 heavy (non-hydrogen) atoms. The number of rotatable bonds is 8. The van der Waals surface area contributed by atoms with Crippen molar-refractivity contribution in [3.63, 3.8) is 0 Å². The Hall–Kier alpha value is -5.49. The Morgan fingerprint density at radius 1 is 0.896 bits per heavy atom. The lowest BCUT2D eigenvalue weighted by molar-refractivity contribution is -0.475. The van der Waals surface area contributed by atoms with E-state index < -0.39 is 5.41 Å². The first-order valence-corrected chi connectivity index (χ1v) is 16.4. The van der Waals surface area contributed by atoms with E-state index in [-0.39, 0.29) is 16.0 Å². The second-order valence-corrected chi connectivity index (χ2v) is 13.6. The first kappa shape index (κ1) is 31.1. The minimum Gasteiger partial charge on any atom is -0.436 e. The number of para-hydroxylation sites is 1. The van der Waals surface area contributed by atoms with Crippen LogP contribution in [0.15, 0.2) is 133 Å². The van der Waals surface area contributed by atoms with Crippen molar-refractivity contribution in [1.29, 1.82) is 0 Å². The quantitative estimate of drug-likeness (QED) is 0.0969. The van der Waals surface area contributed by atoms with Crippen LogP contribution in [0.5, 0.6) is 5.75 Å². The average Bonchev–Trinajstić information content (AvgIpc) is 3.43. The number of aryl methyl sites for hydroxylation is 1. The van der Waals surface area contributed by atoms with Crippen molar-refractivity contribution in [2.75, 3.05) is 18.7 Å². The molecule has 0 bridgehead atoms. The molecule has 7 rings (SSSR count). The molecule has 6 nitrogen and oxygen atoms in total. The molecule has 0 amide bonds. The van der Waals surface area contributed by atoms with Gasteiger partial charge in [0.05, 0.1) is 10.3 Å². The number of likely N-dealkylation sites (N-methyl/N-ethyl adjacent to an activating group) is 1. The third-order valence-corrected chi connectivity index (χ3v) is 10.1. The number of allylic oxidation sites excluding steroid dienone is 4. The predicted molar refractivity (Wildman–Crippen MR) is 195 cm³/mol. The molecule has 0 fully saturated rings. The lowest BCUT2D eigenvalue weighted by Crippen LogP contribution is -2.29. The SMILES string of the molecule is Cc1ccc(CC2(C)C(=CC=CC3=[N+](COc4ccccc4)c4ccc5ccccc5c4C3(C)C)N(C)c3ccc([N+](=O)[O-])cc32)cc1. The van der Waals surface area contributed by atoms with Gasteiger partial charge in [0.25, 0.3) is 12.4 Å². The molecule has 0 spiro atoms. The molecule has 5 aromatic carbocycles. The van der Waals surface area contributed by atoms with E-state index in [1.165, 1.54) is 27.5 Å². The number of hydrogen-bond acceptors (Lipinski definition) is 4. The summed E-state index contributed by atoms with van der Waals surface area (Å²) in [6.07, 6.45) is 7.24. The van der Waals surface area contributed by atoms with Crippen LogP contribution in [0.2, 0.25) is 0 Å². The van der Waals surface area contributed by atoms with E-state index in [2.05, 4.69) is 123 Å². The molecule has 240 valence electrons. The largest absolute Gasteiger partial charge is 0.436 e. The lowest BCUT2D eigenvalue weighted by atomic mass is 9.76. The van der Waals surface area contributed by atoms with E-state index in [9.17, 15) is 10.1 Å². The van der Waals surface area contributed by atoms with Gasteiger partial charge in [-0.15, -0.1) is 0 Å². The Labute approximate surface area is 282 Å². The van der Waals surface area contributed by atoms with Crippen LogP contribution in [-0.4, -0.2) is 29.0 Å². The number of nitrogens with zero attached hydrogens (tertiary/aromatic N) is 3. The fraction of sp³-hybridized carbons (Fsp3) is 0.214. The molecule has 2 heterocycles. The first-order chi connectivity index (χ1) is 23.1. The number of non-ortho nitro benzene ring substituents is 1. The summed E-state index contributed by atoms with van der Waals surface area (Å²) >= 11 is 0. The van der Waals surface area contributed by atoms with Gasteiger partial charge in [-0.2, -0.15) is 4.58 Å². The highest BCUT2D eigenvalue weighted by molar-refractivity contribution is 6.07. The van der Waals surface area contributed by atoms with Gasteiger partial charge in [-0.1, -0.05) is 78.4 Å². The fourth-order valence-electron chi connectivity index (χ4n) is 7.67. The summed E-state index contributed by atoms with van der Waals surface area (Å²) < 4.78 is 8.64. The summed E-state index contributed by atoms with van der Waals surface area (Å²) in [4.78, 5) is 13.7. The third kappa shape index (κ3) is 5.27. The minimum atomic E-state index is -0.485. The Bertz CT molecular complexity index is 2150. The fourth-order valence-corrected chi connectivity index (χ4v) is 7.67. The van der Waals surface area contributed by atoms with Gasteiger partial charge < -0.3 is 9.64 Å². The van der Waals surface area contributed by atoms with Crippen LogP contribution >= 0.6 is 0 Å². The maximum absolute atomic E-state index is 11.8. The molecule has 1 atom stereocenters. The van der Waals surface area contributed by atoms with Crippen LogP contribution < -0.4 is 9.64 Å². The molecule has 0 saturated carbocycles. The molecule has 0 aromatic heterocycles. The summed E-state index contributed by atoms with van der Waals surface area (Å²) in [6.45, 7) is 9.22. The Morgan fingerprint density at radius 2 is 1.62 bits per heavy atom. The number of benzene rings is 5. The first-order valence-electron chi connectivity index (χ1n) is 16.4. The zero-order valence-corrected chi connectivity index (χ0v) is 28.1. The van der Waals surface area contributed by atoms with Crippen molar-refractivity contribution in [1.82, 2.24) is 0 Å². The molecule has 6 heteroatoms. The van der Waals surface area contributed by atoms with Gasteiger partial charge in [-0.3, -0.25) is 10.1 Å². The summed E-state index contributed by atoms with van der Waals surface area (Å²) in [5.74, 6) is 0.821. The smallest absolute Gasteiger partial charge is 0.292 e. The van der Waals surface area contributed by atoms with Crippen molar-refractivity contribution in [3.8, 4) is 5.75 Å². The zero-order valence-electron chi connectivity index (χ0n) is 28.1. The summed E-state index contributed by atoms with van der Waals surface area (Å²) in [6, 6.07) is 36.7. The topological polar surface area (TPSA) is 58.6 Å². The maximum Gasteiger partial charge on any atom is 0.292 e. The number of fused-ring (bicyclic) bond motifs is 4. The van der Waals surface area contributed by atoms with Gasteiger partial charge in [-0.05, 0) is 86.4 Å². The highest BCUT2D eigenvalue weighted by atomic mass is 16.6. The van der Waals surface area contributed by atoms with Crippen LogP contribution in [0.25, 0.3) is 10.8 Å². The lowest BCUT2D eigenvalue weighted by Gasteiger charge is -2.29. The van der Waals surface area contributed by atoms with Crippen molar-refractivity contribution in [3.05, 3.63) is 165 Å². The molecule has 0 saturated heterocycles. The molecule has 2 aliphatic rings. The van der Waals surface area contributed by atoms with Crippen LogP contribution in [0.3, 0.4) is 0 Å². The molecular weight excluding hydrogens is 594 g/mol. The third-order valence-electron chi connectivity index (χ3n) is 10.1. The van der Waals surface area contributed by atoms with E-state index in [4.69, 9.17) is 4.74 Å². The normalized spacial score (nSPS) is 18.9. The van der Waals surface area contributed by atoms with Crippen molar-refractivity contribution in [2.45, 2.75) is 44.9 Å². The second-order valence-electron chi connectivity index (χ2n) is 13.6. The Morgan fingerprint density at radius 3 is 2.38 bits per heavy atom. The van der Waals surface area contributed by atoms with Gasteiger partial charge in [0, 0.05) is 53.7 Å². The van der Waals surface area contributed by atoms with Gasteiger partial charge in [0.15, 0.2) is 5.71 Å². The molecule has 2 aliphatic heterocycles. The van der Waals surface area contributed by atoms with E-state index in [0.717, 1.165) is 34.1 Å². The highest BCUT2D eigenvalue weighted by Gasteiger charge is 2.46. The summed E-state index contributed by atoms with van der Waals surface area (Å²) in [5.41, 5.74) is 8.30.